The summed E-state index contributed by atoms with van der Waals surface area (Å²) in [7, 11) is -6.91. The van der Waals surface area contributed by atoms with Crippen LogP contribution < -0.4 is 0 Å². The van der Waals surface area contributed by atoms with Crippen molar-refractivity contribution in [3.8, 4) is 0 Å². The third-order valence-corrected chi connectivity index (χ3v) is 4.87. The molecule has 1 fully saturated rings. The van der Waals surface area contributed by atoms with E-state index in [2.05, 4.69) is 0 Å². The van der Waals surface area contributed by atoms with Gasteiger partial charge in [0.1, 0.15) is 0 Å². The molecule has 0 aromatic carbocycles. The van der Waals surface area contributed by atoms with E-state index in [1.165, 1.54) is 13.8 Å². The Bertz CT molecular complexity index is 377. The van der Waals surface area contributed by atoms with Gasteiger partial charge in [-0.15, -0.1) is 0 Å². The Hall–Kier alpha value is -0.180. The minimum Gasteiger partial charge on any atom is -0.267 e. The maximum atomic E-state index is 11.1. The summed E-state index contributed by atoms with van der Waals surface area (Å²) < 4.78 is 53.9. The van der Waals surface area contributed by atoms with Gasteiger partial charge in [0, 0.05) is 12.8 Å². The topological polar surface area (TPSA) is 86.7 Å². The van der Waals surface area contributed by atoms with E-state index >= 15 is 0 Å². The molecule has 0 aromatic rings. The van der Waals surface area contributed by atoms with E-state index in [0.717, 1.165) is 0 Å². The van der Waals surface area contributed by atoms with Crippen molar-refractivity contribution in [2.75, 3.05) is 11.5 Å². The molecule has 0 heterocycles. The van der Waals surface area contributed by atoms with E-state index in [1.54, 1.807) is 0 Å². The minimum absolute atomic E-state index is 0.0811. The lowest BCUT2D eigenvalue weighted by Crippen LogP contribution is -2.40. The van der Waals surface area contributed by atoms with Crippen molar-refractivity contribution in [1.82, 2.24) is 0 Å². The lowest BCUT2D eigenvalue weighted by atomic mass is 9.93. The maximum Gasteiger partial charge on any atom is 0.267 e. The first-order chi connectivity index (χ1) is 7.28. The maximum absolute atomic E-state index is 11.1. The predicted octanol–water partition coefficient (Wildman–Crippen LogP) is 0.250. The highest BCUT2D eigenvalue weighted by Crippen LogP contribution is 2.29. The molecule has 1 aliphatic rings. The summed E-state index contributed by atoms with van der Waals surface area (Å²) in [4.78, 5) is 0. The van der Waals surface area contributed by atoms with Gasteiger partial charge in [-0.1, -0.05) is 0 Å². The van der Waals surface area contributed by atoms with Gasteiger partial charge in [-0.05, 0) is 13.8 Å². The summed E-state index contributed by atoms with van der Waals surface area (Å²) in [6.45, 7) is 2.98. The van der Waals surface area contributed by atoms with Crippen LogP contribution in [-0.2, 0) is 28.6 Å². The van der Waals surface area contributed by atoms with Gasteiger partial charge in [-0.25, -0.2) is 0 Å². The molecule has 0 spiro atoms. The number of rotatable bonds is 6. The Morgan fingerprint density at radius 3 is 1.44 bits per heavy atom. The van der Waals surface area contributed by atoms with Crippen LogP contribution in [-0.4, -0.2) is 40.5 Å². The summed E-state index contributed by atoms with van der Waals surface area (Å²) in [5, 5.41) is 0. The van der Waals surface area contributed by atoms with Crippen molar-refractivity contribution in [1.29, 1.82) is 0 Å². The molecule has 0 aliphatic heterocycles. The Kier molecular flexibility index (Phi) is 4.33. The van der Waals surface area contributed by atoms with E-state index in [9.17, 15) is 16.8 Å². The first-order valence-electron chi connectivity index (χ1n) is 5.10. The van der Waals surface area contributed by atoms with Crippen LogP contribution >= 0.6 is 0 Å². The molecule has 1 saturated carbocycles. The first-order valence-corrected chi connectivity index (χ1v) is 8.25. The van der Waals surface area contributed by atoms with Crippen LogP contribution in [0.4, 0.5) is 0 Å². The molecular formula is C8H16O6S2. The third-order valence-electron chi connectivity index (χ3n) is 2.32. The fourth-order valence-electron chi connectivity index (χ4n) is 1.23. The highest BCUT2D eigenvalue weighted by atomic mass is 32.2. The molecule has 0 bridgehead atoms. The van der Waals surface area contributed by atoms with Crippen molar-refractivity contribution in [2.45, 2.75) is 38.9 Å². The summed E-state index contributed by atoms with van der Waals surface area (Å²) >= 11 is 0. The Morgan fingerprint density at radius 1 is 0.875 bits per heavy atom. The van der Waals surface area contributed by atoms with Crippen LogP contribution in [0.1, 0.15) is 26.7 Å². The molecule has 96 valence electrons. The standard InChI is InChI=1S/C8H16O6S2/c1-3-15(9,10)13-7-5-8(6-7)14-16(11,12)4-2/h7-8H,3-6H2,1-2H3. The van der Waals surface area contributed by atoms with Gasteiger partial charge in [0.05, 0.1) is 23.7 Å². The molecule has 1 aliphatic carbocycles. The van der Waals surface area contributed by atoms with E-state index in [-0.39, 0.29) is 11.5 Å². The fraction of sp³-hybridized carbons (Fsp3) is 1.00. The molecule has 0 amide bonds. The molecule has 0 radical (unpaired) electrons. The molecular weight excluding hydrogens is 256 g/mol. The summed E-state index contributed by atoms with van der Waals surface area (Å²) in [6.07, 6.45) is -0.277. The quantitative estimate of drug-likeness (QED) is 0.644. The third kappa shape index (κ3) is 4.00. The second-order valence-electron chi connectivity index (χ2n) is 3.60. The highest BCUT2D eigenvalue weighted by Gasteiger charge is 2.36. The van der Waals surface area contributed by atoms with Gasteiger partial charge in [-0.3, -0.25) is 8.37 Å². The number of hydrogen-bond acceptors (Lipinski definition) is 6. The zero-order valence-corrected chi connectivity index (χ0v) is 10.9. The van der Waals surface area contributed by atoms with E-state index in [0.29, 0.717) is 12.8 Å². The summed E-state index contributed by atoms with van der Waals surface area (Å²) in [5.74, 6) is -0.162. The van der Waals surface area contributed by atoms with Gasteiger partial charge in [0.25, 0.3) is 20.2 Å². The van der Waals surface area contributed by atoms with Crippen LogP contribution in [0.2, 0.25) is 0 Å². The average molecular weight is 272 g/mol. The Labute approximate surface area is 96.2 Å². The van der Waals surface area contributed by atoms with Crippen molar-refractivity contribution in [3.63, 3.8) is 0 Å². The largest absolute Gasteiger partial charge is 0.267 e. The minimum atomic E-state index is -3.46. The summed E-state index contributed by atoms with van der Waals surface area (Å²) in [5.41, 5.74) is 0. The Morgan fingerprint density at radius 2 is 1.19 bits per heavy atom. The van der Waals surface area contributed by atoms with E-state index < -0.39 is 32.4 Å². The van der Waals surface area contributed by atoms with Crippen LogP contribution in [0.15, 0.2) is 0 Å². The smallest absolute Gasteiger partial charge is 0.267 e. The molecule has 16 heavy (non-hydrogen) atoms. The van der Waals surface area contributed by atoms with E-state index in [1.807, 2.05) is 0 Å². The van der Waals surface area contributed by atoms with Gasteiger partial charge in [0.15, 0.2) is 0 Å². The Balaban J connectivity index is 2.34. The zero-order chi connectivity index (χ0) is 12.4. The van der Waals surface area contributed by atoms with Gasteiger partial charge < -0.3 is 0 Å². The van der Waals surface area contributed by atoms with E-state index in [4.69, 9.17) is 8.37 Å². The van der Waals surface area contributed by atoms with Crippen molar-refractivity contribution in [2.24, 2.45) is 0 Å². The SMILES string of the molecule is CCS(=O)(=O)OC1CC(OS(=O)(=O)CC)C1. The predicted molar refractivity (Wildman–Crippen MR) is 57.9 cm³/mol. The van der Waals surface area contributed by atoms with Crippen LogP contribution in [0.25, 0.3) is 0 Å². The van der Waals surface area contributed by atoms with Crippen molar-refractivity contribution in [3.05, 3.63) is 0 Å². The van der Waals surface area contributed by atoms with Crippen LogP contribution in [0.3, 0.4) is 0 Å². The molecule has 6 nitrogen and oxygen atoms in total. The molecule has 0 atom stereocenters. The number of hydrogen-bond donors (Lipinski definition) is 0. The molecule has 8 heteroatoms. The lowest BCUT2D eigenvalue weighted by molar-refractivity contribution is 0.0125. The zero-order valence-electron chi connectivity index (χ0n) is 9.25. The first kappa shape index (κ1) is 13.9. The fourth-order valence-corrected chi connectivity index (χ4v) is 2.64. The molecule has 0 N–H and O–H groups in total. The van der Waals surface area contributed by atoms with Crippen molar-refractivity contribution < 1.29 is 25.2 Å². The second-order valence-corrected chi connectivity index (χ2v) is 7.37. The second kappa shape index (κ2) is 4.99. The lowest BCUT2D eigenvalue weighted by Gasteiger charge is -2.33. The van der Waals surface area contributed by atoms with Gasteiger partial charge in [0.2, 0.25) is 0 Å². The average Bonchev–Trinajstić information content (AvgIpc) is 2.14. The van der Waals surface area contributed by atoms with Crippen molar-refractivity contribution >= 4 is 20.2 Å². The van der Waals surface area contributed by atoms with Gasteiger partial charge >= 0.3 is 0 Å². The molecule has 0 saturated heterocycles. The van der Waals surface area contributed by atoms with Crippen LogP contribution in [0, 0.1) is 0 Å². The molecule has 0 aromatic heterocycles. The monoisotopic (exact) mass is 272 g/mol. The highest BCUT2D eigenvalue weighted by molar-refractivity contribution is 7.86. The normalized spacial score (nSPS) is 26.4. The summed E-state index contributed by atoms with van der Waals surface area (Å²) in [6, 6.07) is 0. The van der Waals surface area contributed by atoms with Gasteiger partial charge in [-0.2, -0.15) is 16.8 Å². The van der Waals surface area contributed by atoms with Crippen LogP contribution in [0.5, 0.6) is 0 Å². The molecule has 0 unspecified atom stereocenters. The molecule has 1 rings (SSSR count).